The third kappa shape index (κ3) is 4.61. The molecule has 2 aromatic carbocycles. The van der Waals surface area contributed by atoms with Gasteiger partial charge < -0.3 is 10.1 Å². The Kier molecular flexibility index (Phi) is 7.00. The van der Waals surface area contributed by atoms with Gasteiger partial charge in [-0.25, -0.2) is 10.4 Å². The van der Waals surface area contributed by atoms with Crippen LogP contribution in [0.15, 0.2) is 53.5 Å². The molecule has 3 atom stereocenters. The van der Waals surface area contributed by atoms with E-state index in [0.717, 1.165) is 0 Å². The van der Waals surface area contributed by atoms with Crippen LogP contribution < -0.4 is 25.8 Å². The second-order valence-electron chi connectivity index (χ2n) is 7.40. The number of anilines is 2. The molecule has 0 bridgehead atoms. The number of nitrogens with zero attached hydrogens (tertiary/aromatic N) is 2. The summed E-state index contributed by atoms with van der Waals surface area (Å²) < 4.78 is 5.58. The van der Waals surface area contributed by atoms with Gasteiger partial charge in [0.1, 0.15) is 17.8 Å². The number of hydrazine groups is 1. The summed E-state index contributed by atoms with van der Waals surface area (Å²) in [7, 11) is 0. The molecule has 168 valence electrons. The van der Waals surface area contributed by atoms with Gasteiger partial charge in [-0.05, 0) is 38.1 Å². The number of ether oxygens (including phenoxy) is 1. The minimum absolute atomic E-state index is 0.0335. The molecule has 10 heteroatoms. The van der Waals surface area contributed by atoms with Crippen LogP contribution >= 0.6 is 23.4 Å². The number of nitrogens with one attached hydrogen (secondary N) is 4. The van der Waals surface area contributed by atoms with Crippen LogP contribution in [0, 0.1) is 11.3 Å². The monoisotopic (exact) mass is 472 g/mol. The molecule has 0 aromatic heterocycles. The molecule has 0 radical (unpaired) electrons. The number of rotatable bonds is 6. The lowest BCUT2D eigenvalue weighted by atomic mass is 9.97. The largest absolute Gasteiger partial charge is 0.492 e. The maximum absolute atomic E-state index is 12.7. The van der Waals surface area contributed by atoms with Crippen LogP contribution in [-0.2, 0) is 4.79 Å². The van der Waals surface area contributed by atoms with Crippen molar-refractivity contribution in [1.29, 1.82) is 5.41 Å². The number of hydrogen-bond donors (Lipinski definition) is 4. The summed E-state index contributed by atoms with van der Waals surface area (Å²) in [5, 5.41) is 12.8. The van der Waals surface area contributed by atoms with Gasteiger partial charge in [0.15, 0.2) is 5.17 Å². The second-order valence-corrected chi connectivity index (χ2v) is 8.75. The summed E-state index contributed by atoms with van der Waals surface area (Å²) in [6.07, 6.45) is -0.277. The topological polar surface area (TPSA) is 102 Å². The van der Waals surface area contributed by atoms with Crippen molar-refractivity contribution in [2.45, 2.75) is 26.1 Å². The van der Waals surface area contributed by atoms with Gasteiger partial charge in [-0.3, -0.25) is 20.5 Å². The fraction of sp³-hybridized carbons (Fsp3) is 0.318. The standard InChI is InChI=1S/C22H25ClN6O2S/c1-3-31-17-11-7-5-9-15(17)25-18(30)12-32-22-26-21-19(13(2)27-28-21)20(24)29(22)16-10-6-4-8-14(16)23/h4-11,13,19,21,24,27-28H,3,12H2,1-2H3,(H,25,30). The quantitative estimate of drug-likeness (QED) is 0.511. The Bertz CT molecular complexity index is 1050. The van der Waals surface area contributed by atoms with Crippen molar-refractivity contribution in [3.8, 4) is 5.75 Å². The molecule has 0 spiro atoms. The van der Waals surface area contributed by atoms with Gasteiger partial charge in [-0.1, -0.05) is 47.6 Å². The average Bonchev–Trinajstić information content (AvgIpc) is 3.15. The van der Waals surface area contributed by atoms with E-state index in [1.54, 1.807) is 17.0 Å². The van der Waals surface area contributed by atoms with E-state index in [9.17, 15) is 4.79 Å². The fourth-order valence-corrected chi connectivity index (χ4v) is 4.80. The number of carbonyl (C=O) groups excluding carboxylic acids is 1. The van der Waals surface area contributed by atoms with Crippen LogP contribution in [0.4, 0.5) is 11.4 Å². The van der Waals surface area contributed by atoms with E-state index in [1.165, 1.54) is 11.8 Å². The molecule has 1 amide bonds. The third-order valence-electron chi connectivity index (χ3n) is 5.22. The molecule has 1 saturated heterocycles. The zero-order valence-electron chi connectivity index (χ0n) is 17.8. The number of amides is 1. The van der Waals surface area contributed by atoms with Gasteiger partial charge in [0.2, 0.25) is 5.91 Å². The molecule has 32 heavy (non-hydrogen) atoms. The lowest BCUT2D eigenvalue weighted by molar-refractivity contribution is -0.113. The molecule has 8 nitrogen and oxygen atoms in total. The van der Waals surface area contributed by atoms with Crippen LogP contribution in [0.5, 0.6) is 5.75 Å². The molecule has 1 fully saturated rings. The van der Waals surface area contributed by atoms with Crippen LogP contribution in [0.3, 0.4) is 0 Å². The first-order valence-corrected chi connectivity index (χ1v) is 11.7. The number of aliphatic imine (C=N–C) groups is 1. The molecule has 2 aromatic rings. The maximum Gasteiger partial charge on any atom is 0.234 e. The first-order chi connectivity index (χ1) is 15.5. The molecule has 4 N–H and O–H groups in total. The normalized spacial score (nSPS) is 22.3. The summed E-state index contributed by atoms with van der Waals surface area (Å²) in [5.41, 5.74) is 7.58. The highest BCUT2D eigenvalue weighted by molar-refractivity contribution is 8.14. The Hall–Kier alpha value is -2.59. The molecule has 0 aliphatic carbocycles. The predicted molar refractivity (Wildman–Crippen MR) is 131 cm³/mol. The van der Waals surface area contributed by atoms with Crippen molar-refractivity contribution in [2.24, 2.45) is 10.9 Å². The van der Waals surface area contributed by atoms with Crippen molar-refractivity contribution in [2.75, 3.05) is 22.6 Å². The highest BCUT2D eigenvalue weighted by Crippen LogP contribution is 2.35. The number of fused-ring (bicyclic) bond motifs is 1. The van der Waals surface area contributed by atoms with Crippen molar-refractivity contribution in [3.63, 3.8) is 0 Å². The van der Waals surface area contributed by atoms with Gasteiger partial charge in [-0.15, -0.1) is 0 Å². The number of benzene rings is 2. The first-order valence-electron chi connectivity index (χ1n) is 10.4. The Balaban J connectivity index is 1.54. The van der Waals surface area contributed by atoms with Crippen molar-refractivity contribution in [1.82, 2.24) is 10.9 Å². The molecule has 0 saturated carbocycles. The van der Waals surface area contributed by atoms with Crippen LogP contribution in [0.2, 0.25) is 5.02 Å². The Morgan fingerprint density at radius 1 is 1.25 bits per heavy atom. The Morgan fingerprint density at radius 3 is 2.78 bits per heavy atom. The number of thioether (sulfide) groups is 1. The summed E-state index contributed by atoms with van der Waals surface area (Å²) in [5.74, 6) is 0.785. The number of carbonyl (C=O) groups is 1. The van der Waals surface area contributed by atoms with Gasteiger partial charge in [0, 0.05) is 6.04 Å². The van der Waals surface area contributed by atoms with E-state index in [0.29, 0.717) is 39.8 Å². The minimum Gasteiger partial charge on any atom is -0.492 e. The van der Waals surface area contributed by atoms with E-state index in [2.05, 4.69) is 16.2 Å². The van der Waals surface area contributed by atoms with Crippen molar-refractivity contribution < 1.29 is 9.53 Å². The number of amidine groups is 2. The third-order valence-corrected chi connectivity index (χ3v) is 6.49. The maximum atomic E-state index is 12.7. The van der Waals surface area contributed by atoms with Gasteiger partial charge >= 0.3 is 0 Å². The molecule has 2 heterocycles. The smallest absolute Gasteiger partial charge is 0.234 e. The molecule has 2 aliphatic heterocycles. The van der Waals surface area contributed by atoms with E-state index in [1.807, 2.05) is 50.2 Å². The van der Waals surface area contributed by atoms with Crippen molar-refractivity contribution >= 4 is 51.6 Å². The first kappa shape index (κ1) is 22.6. The Morgan fingerprint density at radius 2 is 2.00 bits per heavy atom. The molecular formula is C22H25ClN6O2S. The minimum atomic E-state index is -0.277. The summed E-state index contributed by atoms with van der Waals surface area (Å²) in [4.78, 5) is 19.2. The van der Waals surface area contributed by atoms with E-state index >= 15 is 0 Å². The van der Waals surface area contributed by atoms with E-state index in [4.69, 9.17) is 26.7 Å². The van der Waals surface area contributed by atoms with Crippen LogP contribution in [-0.4, -0.2) is 41.5 Å². The lowest BCUT2D eigenvalue weighted by Gasteiger charge is -2.36. The molecule has 2 aliphatic rings. The number of para-hydroxylation sites is 3. The molecule has 4 rings (SSSR count). The SMILES string of the molecule is CCOc1ccccc1NC(=O)CSC1=NC2NNC(C)C2C(=N)N1c1ccccc1Cl. The average molecular weight is 473 g/mol. The zero-order chi connectivity index (χ0) is 22.7. The highest BCUT2D eigenvalue weighted by Gasteiger charge is 2.44. The van der Waals surface area contributed by atoms with Gasteiger partial charge in [0.25, 0.3) is 0 Å². The van der Waals surface area contributed by atoms with Gasteiger partial charge in [0.05, 0.1) is 34.7 Å². The number of hydrogen-bond acceptors (Lipinski definition) is 7. The van der Waals surface area contributed by atoms with Crippen LogP contribution in [0.25, 0.3) is 0 Å². The van der Waals surface area contributed by atoms with Crippen LogP contribution in [0.1, 0.15) is 13.8 Å². The lowest BCUT2D eigenvalue weighted by Crippen LogP contribution is -2.50. The summed E-state index contributed by atoms with van der Waals surface area (Å²) in [6.45, 7) is 4.41. The second kappa shape index (κ2) is 9.91. The zero-order valence-corrected chi connectivity index (χ0v) is 19.3. The Labute approximate surface area is 196 Å². The summed E-state index contributed by atoms with van der Waals surface area (Å²) >= 11 is 7.72. The van der Waals surface area contributed by atoms with E-state index < -0.39 is 0 Å². The predicted octanol–water partition coefficient (Wildman–Crippen LogP) is 3.70. The highest BCUT2D eigenvalue weighted by atomic mass is 35.5. The number of halogens is 1. The van der Waals surface area contributed by atoms with Crippen molar-refractivity contribution in [3.05, 3.63) is 53.6 Å². The molecular weight excluding hydrogens is 448 g/mol. The van der Waals surface area contributed by atoms with E-state index in [-0.39, 0.29) is 29.8 Å². The molecule has 3 unspecified atom stereocenters. The fourth-order valence-electron chi connectivity index (χ4n) is 3.73. The van der Waals surface area contributed by atoms with Gasteiger partial charge in [-0.2, -0.15) is 0 Å². The summed E-state index contributed by atoms with van der Waals surface area (Å²) in [6, 6.07) is 14.7.